The summed E-state index contributed by atoms with van der Waals surface area (Å²) in [5.41, 5.74) is 1.76. The predicted octanol–water partition coefficient (Wildman–Crippen LogP) is 3.92. The van der Waals surface area contributed by atoms with Crippen molar-refractivity contribution in [2.45, 2.75) is 0 Å². The fourth-order valence-corrected chi connectivity index (χ4v) is 3.24. The van der Waals surface area contributed by atoms with Crippen molar-refractivity contribution in [3.8, 4) is 0 Å². The summed E-state index contributed by atoms with van der Waals surface area (Å²) in [7, 11) is 0. The lowest BCUT2D eigenvalue weighted by molar-refractivity contribution is -0.115. The van der Waals surface area contributed by atoms with Crippen LogP contribution in [0.4, 0.5) is 5.69 Å². The lowest BCUT2D eigenvalue weighted by atomic mass is 10.2. The molecule has 0 atom stereocenters. The number of halogens is 1. The number of benzene rings is 2. The van der Waals surface area contributed by atoms with E-state index in [-0.39, 0.29) is 5.91 Å². The maximum absolute atomic E-state index is 12.0. The molecular weight excluding hydrogens is 362 g/mol. The molecule has 1 aliphatic rings. The van der Waals surface area contributed by atoms with Gasteiger partial charge in [0.2, 0.25) is 5.91 Å². The molecule has 0 saturated carbocycles. The Labute approximate surface area is 141 Å². The fourth-order valence-electron chi connectivity index (χ4n) is 2.00. The van der Waals surface area contributed by atoms with Gasteiger partial charge in [-0.2, -0.15) is 5.10 Å². The van der Waals surface area contributed by atoms with E-state index in [0.717, 1.165) is 15.7 Å². The van der Waals surface area contributed by atoms with Crippen LogP contribution in [0.15, 0.2) is 69.3 Å². The SMILES string of the molecule is O=C1CS/C(=N\N=C/c2cccc(Br)c2)N1c1ccccc1. The minimum absolute atomic E-state index is 0.0209. The van der Waals surface area contributed by atoms with E-state index < -0.39 is 0 Å². The number of amidine groups is 1. The van der Waals surface area contributed by atoms with Gasteiger partial charge < -0.3 is 0 Å². The first-order valence-corrected chi connectivity index (χ1v) is 8.39. The maximum Gasteiger partial charge on any atom is 0.243 e. The Morgan fingerprint density at radius 3 is 2.73 bits per heavy atom. The third-order valence-electron chi connectivity index (χ3n) is 2.98. The molecular formula is C16H12BrN3OS. The molecule has 2 aromatic rings. The molecule has 1 saturated heterocycles. The Morgan fingerprint density at radius 1 is 1.14 bits per heavy atom. The van der Waals surface area contributed by atoms with Crippen molar-refractivity contribution in [1.29, 1.82) is 0 Å². The molecule has 0 spiro atoms. The Morgan fingerprint density at radius 2 is 1.95 bits per heavy atom. The number of amides is 1. The largest absolute Gasteiger partial charge is 0.273 e. The monoisotopic (exact) mass is 373 g/mol. The molecule has 0 aliphatic carbocycles. The summed E-state index contributed by atoms with van der Waals surface area (Å²) in [6.07, 6.45) is 1.67. The summed E-state index contributed by atoms with van der Waals surface area (Å²) in [5, 5.41) is 8.90. The highest BCUT2D eigenvalue weighted by Crippen LogP contribution is 2.26. The van der Waals surface area contributed by atoms with Crippen LogP contribution < -0.4 is 4.90 Å². The normalized spacial score (nSPS) is 16.9. The van der Waals surface area contributed by atoms with Gasteiger partial charge in [-0.25, -0.2) is 0 Å². The van der Waals surface area contributed by atoms with Crippen LogP contribution in [-0.4, -0.2) is 23.0 Å². The van der Waals surface area contributed by atoms with Gasteiger partial charge in [-0.15, -0.1) is 5.10 Å². The Balaban J connectivity index is 1.82. The second-order valence-corrected chi connectivity index (χ2v) is 6.39. The molecule has 1 aliphatic heterocycles. The molecule has 0 N–H and O–H groups in total. The predicted molar refractivity (Wildman–Crippen MR) is 95.6 cm³/mol. The highest BCUT2D eigenvalue weighted by Gasteiger charge is 2.29. The van der Waals surface area contributed by atoms with Crippen LogP contribution in [-0.2, 0) is 4.79 Å². The minimum Gasteiger partial charge on any atom is -0.273 e. The first kappa shape index (κ1) is 15.0. The van der Waals surface area contributed by atoms with E-state index in [1.165, 1.54) is 11.8 Å². The van der Waals surface area contributed by atoms with Gasteiger partial charge in [0.05, 0.1) is 17.7 Å². The molecule has 0 radical (unpaired) electrons. The van der Waals surface area contributed by atoms with Crippen LogP contribution in [0.25, 0.3) is 0 Å². The van der Waals surface area contributed by atoms with Gasteiger partial charge >= 0.3 is 0 Å². The van der Waals surface area contributed by atoms with Gasteiger partial charge in [0.15, 0.2) is 5.17 Å². The quantitative estimate of drug-likeness (QED) is 0.604. The van der Waals surface area contributed by atoms with Crippen molar-refractivity contribution >= 4 is 50.7 Å². The van der Waals surface area contributed by atoms with Crippen LogP contribution in [0, 0.1) is 0 Å². The third kappa shape index (κ3) is 3.45. The van der Waals surface area contributed by atoms with Crippen LogP contribution in [0.1, 0.15) is 5.56 Å². The minimum atomic E-state index is 0.0209. The molecule has 1 amide bonds. The van der Waals surface area contributed by atoms with Gasteiger partial charge in [-0.1, -0.05) is 58.0 Å². The van der Waals surface area contributed by atoms with Crippen molar-refractivity contribution in [2.75, 3.05) is 10.7 Å². The van der Waals surface area contributed by atoms with Gasteiger partial charge in [0, 0.05) is 4.47 Å². The van der Waals surface area contributed by atoms with Crippen molar-refractivity contribution in [1.82, 2.24) is 0 Å². The number of anilines is 1. The van der Waals surface area contributed by atoms with E-state index in [1.807, 2.05) is 54.6 Å². The fraction of sp³-hybridized carbons (Fsp3) is 0.0625. The summed E-state index contributed by atoms with van der Waals surface area (Å²) in [6.45, 7) is 0. The van der Waals surface area contributed by atoms with Gasteiger partial charge in [0.1, 0.15) is 0 Å². The number of hydrogen-bond donors (Lipinski definition) is 0. The Hall–Kier alpha value is -1.92. The van der Waals surface area contributed by atoms with Crippen LogP contribution in [0.3, 0.4) is 0 Å². The first-order chi connectivity index (χ1) is 10.7. The van der Waals surface area contributed by atoms with Crippen LogP contribution >= 0.6 is 27.7 Å². The second kappa shape index (κ2) is 6.89. The number of hydrogen-bond acceptors (Lipinski definition) is 4. The zero-order valence-electron chi connectivity index (χ0n) is 11.5. The number of rotatable bonds is 3. The highest BCUT2D eigenvalue weighted by atomic mass is 79.9. The lowest BCUT2D eigenvalue weighted by Gasteiger charge is -2.14. The number of nitrogens with zero attached hydrogens (tertiary/aromatic N) is 3. The number of carbonyl (C=O) groups is 1. The summed E-state index contributed by atoms with van der Waals surface area (Å²) < 4.78 is 0.987. The molecule has 1 fully saturated rings. The lowest BCUT2D eigenvalue weighted by Crippen LogP contribution is -2.28. The Bertz CT molecular complexity index is 746. The standard InChI is InChI=1S/C16H12BrN3OS/c17-13-6-4-5-12(9-13)10-18-19-16-20(15(21)11-22-16)14-7-2-1-3-8-14/h1-10H,11H2/b18-10-,19-16-. The molecule has 0 bridgehead atoms. The summed E-state index contributed by atoms with van der Waals surface area (Å²) >= 11 is 4.81. The third-order valence-corrected chi connectivity index (χ3v) is 4.39. The molecule has 3 rings (SSSR count). The van der Waals surface area contributed by atoms with E-state index in [2.05, 4.69) is 26.1 Å². The number of para-hydroxylation sites is 1. The summed E-state index contributed by atoms with van der Waals surface area (Å²) in [4.78, 5) is 13.6. The van der Waals surface area contributed by atoms with E-state index in [4.69, 9.17) is 0 Å². The average molecular weight is 374 g/mol. The Kier molecular flexibility index (Phi) is 4.70. The van der Waals surface area contributed by atoms with Crippen LogP contribution in [0.5, 0.6) is 0 Å². The van der Waals surface area contributed by atoms with E-state index in [0.29, 0.717) is 10.9 Å². The van der Waals surface area contributed by atoms with Crippen molar-refractivity contribution < 1.29 is 4.79 Å². The van der Waals surface area contributed by atoms with Gasteiger partial charge in [-0.3, -0.25) is 9.69 Å². The molecule has 0 aromatic heterocycles. The molecule has 1 heterocycles. The van der Waals surface area contributed by atoms with E-state index in [1.54, 1.807) is 11.1 Å². The highest BCUT2D eigenvalue weighted by molar-refractivity contribution is 9.10. The van der Waals surface area contributed by atoms with Gasteiger partial charge in [-0.05, 0) is 29.8 Å². The molecule has 4 nitrogen and oxygen atoms in total. The van der Waals surface area contributed by atoms with E-state index >= 15 is 0 Å². The smallest absolute Gasteiger partial charge is 0.243 e. The van der Waals surface area contributed by atoms with Crippen molar-refractivity contribution in [3.05, 3.63) is 64.6 Å². The van der Waals surface area contributed by atoms with Crippen molar-refractivity contribution in [2.24, 2.45) is 10.2 Å². The maximum atomic E-state index is 12.0. The second-order valence-electron chi connectivity index (χ2n) is 4.54. The average Bonchev–Trinajstić information content (AvgIpc) is 2.89. The zero-order valence-corrected chi connectivity index (χ0v) is 13.9. The number of carbonyl (C=O) groups excluding carboxylic acids is 1. The first-order valence-electron chi connectivity index (χ1n) is 6.61. The molecule has 0 unspecified atom stereocenters. The zero-order chi connectivity index (χ0) is 15.4. The van der Waals surface area contributed by atoms with Crippen molar-refractivity contribution in [3.63, 3.8) is 0 Å². The molecule has 6 heteroatoms. The summed E-state index contributed by atoms with van der Waals surface area (Å²) in [5.74, 6) is 0.410. The number of thioether (sulfide) groups is 1. The van der Waals surface area contributed by atoms with E-state index in [9.17, 15) is 4.79 Å². The summed E-state index contributed by atoms with van der Waals surface area (Å²) in [6, 6.07) is 17.3. The molecule has 2 aromatic carbocycles. The van der Waals surface area contributed by atoms with Gasteiger partial charge in [0.25, 0.3) is 0 Å². The topological polar surface area (TPSA) is 45.0 Å². The van der Waals surface area contributed by atoms with Crippen LogP contribution in [0.2, 0.25) is 0 Å². The molecule has 110 valence electrons. The molecule has 22 heavy (non-hydrogen) atoms.